The molecule has 1 unspecified atom stereocenters. The first-order valence-electron chi connectivity index (χ1n) is 7.25. The van der Waals surface area contributed by atoms with Gasteiger partial charge in [-0.05, 0) is 6.42 Å². The van der Waals surface area contributed by atoms with E-state index in [1.807, 2.05) is 6.92 Å². The van der Waals surface area contributed by atoms with E-state index >= 15 is 0 Å². The zero-order valence-electron chi connectivity index (χ0n) is 12.2. The second-order valence-electron chi connectivity index (χ2n) is 4.85. The monoisotopic (exact) mass is 256 g/mol. The number of ketones is 1. The van der Waals surface area contributed by atoms with Crippen molar-refractivity contribution in [1.29, 1.82) is 0 Å². The maximum atomic E-state index is 11.7. The molecule has 3 nitrogen and oxygen atoms in total. The van der Waals surface area contributed by atoms with Crippen molar-refractivity contribution in [3.05, 3.63) is 0 Å². The van der Waals surface area contributed by atoms with E-state index in [0.717, 1.165) is 19.3 Å². The standard InChI is InChI=1S/C15H28O3/c1-4-6-7-8-9-10-11-13(14(16)5-2)12-15(17)18-3/h13H,4-12H2,1-3H3. The molecule has 0 aliphatic heterocycles. The van der Waals surface area contributed by atoms with E-state index in [4.69, 9.17) is 0 Å². The van der Waals surface area contributed by atoms with Crippen LogP contribution in [0.5, 0.6) is 0 Å². The molecule has 0 fully saturated rings. The van der Waals surface area contributed by atoms with Crippen molar-refractivity contribution < 1.29 is 14.3 Å². The molecule has 1 atom stereocenters. The molecular formula is C15H28O3. The number of carbonyl (C=O) groups excluding carboxylic acids is 2. The first-order chi connectivity index (χ1) is 8.65. The van der Waals surface area contributed by atoms with Gasteiger partial charge in [0.2, 0.25) is 0 Å². The van der Waals surface area contributed by atoms with Gasteiger partial charge in [0.05, 0.1) is 13.5 Å². The number of unbranched alkanes of at least 4 members (excludes halogenated alkanes) is 5. The van der Waals surface area contributed by atoms with Crippen LogP contribution in [0.4, 0.5) is 0 Å². The quantitative estimate of drug-likeness (QED) is 0.416. The SMILES string of the molecule is CCCCCCCCC(CC(=O)OC)C(=O)CC. The van der Waals surface area contributed by atoms with Crippen molar-refractivity contribution >= 4 is 11.8 Å². The molecule has 18 heavy (non-hydrogen) atoms. The van der Waals surface area contributed by atoms with Gasteiger partial charge in [0.1, 0.15) is 5.78 Å². The van der Waals surface area contributed by atoms with Crippen molar-refractivity contribution in [1.82, 2.24) is 0 Å². The highest BCUT2D eigenvalue weighted by molar-refractivity contribution is 5.85. The summed E-state index contributed by atoms with van der Waals surface area (Å²) < 4.78 is 4.64. The topological polar surface area (TPSA) is 43.4 Å². The summed E-state index contributed by atoms with van der Waals surface area (Å²) in [7, 11) is 1.38. The predicted molar refractivity (Wildman–Crippen MR) is 73.4 cm³/mol. The fourth-order valence-electron chi connectivity index (χ4n) is 2.12. The van der Waals surface area contributed by atoms with Crippen LogP contribution in [0.2, 0.25) is 0 Å². The lowest BCUT2D eigenvalue weighted by Crippen LogP contribution is -2.18. The summed E-state index contributed by atoms with van der Waals surface area (Å²) in [6.45, 7) is 4.06. The van der Waals surface area contributed by atoms with E-state index in [2.05, 4.69) is 11.7 Å². The van der Waals surface area contributed by atoms with Gasteiger partial charge in [-0.2, -0.15) is 0 Å². The normalized spacial score (nSPS) is 12.2. The molecule has 0 saturated carbocycles. The zero-order valence-corrected chi connectivity index (χ0v) is 12.2. The fourth-order valence-corrected chi connectivity index (χ4v) is 2.12. The third-order valence-corrected chi connectivity index (χ3v) is 3.35. The number of hydrogen-bond donors (Lipinski definition) is 0. The second kappa shape index (κ2) is 11.2. The number of carbonyl (C=O) groups is 2. The molecule has 0 aromatic rings. The van der Waals surface area contributed by atoms with Crippen LogP contribution in [-0.2, 0) is 14.3 Å². The second-order valence-corrected chi connectivity index (χ2v) is 4.85. The Hall–Kier alpha value is -0.860. The van der Waals surface area contributed by atoms with Gasteiger partial charge in [-0.1, -0.05) is 52.4 Å². The van der Waals surface area contributed by atoms with Gasteiger partial charge in [-0.25, -0.2) is 0 Å². The fraction of sp³-hybridized carbons (Fsp3) is 0.867. The number of hydrogen-bond acceptors (Lipinski definition) is 3. The highest BCUT2D eigenvalue weighted by Crippen LogP contribution is 2.18. The van der Waals surface area contributed by atoms with Crippen LogP contribution in [0, 0.1) is 5.92 Å². The Bertz CT molecular complexity index is 236. The van der Waals surface area contributed by atoms with Gasteiger partial charge < -0.3 is 4.74 Å². The maximum absolute atomic E-state index is 11.7. The average Bonchev–Trinajstić information content (AvgIpc) is 2.40. The highest BCUT2D eigenvalue weighted by Gasteiger charge is 2.20. The number of ether oxygens (including phenoxy) is 1. The number of rotatable bonds is 11. The third kappa shape index (κ3) is 8.26. The largest absolute Gasteiger partial charge is 0.469 e. The summed E-state index contributed by atoms with van der Waals surface area (Å²) in [5.41, 5.74) is 0. The number of methoxy groups -OCH3 is 1. The summed E-state index contributed by atoms with van der Waals surface area (Å²) >= 11 is 0. The van der Waals surface area contributed by atoms with Crippen molar-refractivity contribution in [2.45, 2.75) is 71.6 Å². The highest BCUT2D eigenvalue weighted by atomic mass is 16.5. The van der Waals surface area contributed by atoms with E-state index in [0.29, 0.717) is 6.42 Å². The Morgan fingerprint density at radius 2 is 1.61 bits per heavy atom. The number of Topliss-reactive ketones (excluding diaryl/α,β-unsaturated/α-hetero) is 1. The molecule has 0 saturated heterocycles. The molecule has 0 bridgehead atoms. The van der Waals surface area contributed by atoms with E-state index in [1.54, 1.807) is 0 Å². The minimum absolute atomic E-state index is 0.131. The molecule has 106 valence electrons. The first-order valence-corrected chi connectivity index (χ1v) is 7.25. The lowest BCUT2D eigenvalue weighted by Gasteiger charge is -2.13. The predicted octanol–water partition coefficient (Wildman–Crippen LogP) is 3.90. The Balaban J connectivity index is 3.87. The van der Waals surface area contributed by atoms with Gasteiger partial charge >= 0.3 is 5.97 Å². The third-order valence-electron chi connectivity index (χ3n) is 3.35. The van der Waals surface area contributed by atoms with Gasteiger partial charge in [0, 0.05) is 12.3 Å². The molecule has 0 N–H and O–H groups in total. The maximum Gasteiger partial charge on any atom is 0.306 e. The summed E-state index contributed by atoms with van der Waals surface area (Å²) in [5.74, 6) is -0.213. The Kier molecular flexibility index (Phi) is 10.7. The van der Waals surface area contributed by atoms with Crippen LogP contribution in [0.25, 0.3) is 0 Å². The van der Waals surface area contributed by atoms with Crippen LogP contribution < -0.4 is 0 Å². The molecule has 3 heteroatoms. The summed E-state index contributed by atoms with van der Waals surface area (Å²) in [6, 6.07) is 0. The Morgan fingerprint density at radius 3 is 2.17 bits per heavy atom. The minimum Gasteiger partial charge on any atom is -0.469 e. The molecule has 0 heterocycles. The van der Waals surface area contributed by atoms with Crippen molar-refractivity contribution in [3.8, 4) is 0 Å². The van der Waals surface area contributed by atoms with Crippen LogP contribution in [0.1, 0.15) is 71.6 Å². The van der Waals surface area contributed by atoms with Crippen molar-refractivity contribution in [2.24, 2.45) is 5.92 Å². The van der Waals surface area contributed by atoms with E-state index in [1.165, 1.54) is 32.8 Å². The molecule has 0 aliphatic carbocycles. The number of esters is 1. The molecule has 0 amide bonds. The molecule has 0 aliphatic rings. The van der Waals surface area contributed by atoms with Gasteiger partial charge in [0.15, 0.2) is 0 Å². The summed E-state index contributed by atoms with van der Waals surface area (Å²) in [5, 5.41) is 0. The smallest absolute Gasteiger partial charge is 0.306 e. The van der Waals surface area contributed by atoms with Crippen molar-refractivity contribution in [3.63, 3.8) is 0 Å². The first kappa shape index (κ1) is 17.1. The summed E-state index contributed by atoms with van der Waals surface area (Å²) in [6.07, 6.45) is 8.84. The van der Waals surface area contributed by atoms with Gasteiger partial charge in [0.25, 0.3) is 0 Å². The molecule has 0 aromatic carbocycles. The Morgan fingerprint density at radius 1 is 1.00 bits per heavy atom. The molecule has 0 rings (SSSR count). The van der Waals surface area contributed by atoms with E-state index < -0.39 is 0 Å². The van der Waals surface area contributed by atoms with Crippen LogP contribution in [-0.4, -0.2) is 18.9 Å². The van der Waals surface area contributed by atoms with Gasteiger partial charge in [-0.15, -0.1) is 0 Å². The molecular weight excluding hydrogens is 228 g/mol. The minimum atomic E-state index is -0.271. The lowest BCUT2D eigenvalue weighted by atomic mass is 9.92. The Labute approximate surface area is 111 Å². The summed E-state index contributed by atoms with van der Waals surface area (Å²) in [4.78, 5) is 23.0. The van der Waals surface area contributed by atoms with E-state index in [-0.39, 0.29) is 24.1 Å². The van der Waals surface area contributed by atoms with Crippen molar-refractivity contribution in [2.75, 3.05) is 7.11 Å². The average molecular weight is 256 g/mol. The van der Waals surface area contributed by atoms with E-state index in [9.17, 15) is 9.59 Å². The van der Waals surface area contributed by atoms with Crippen LogP contribution >= 0.6 is 0 Å². The van der Waals surface area contributed by atoms with Crippen LogP contribution in [0.15, 0.2) is 0 Å². The molecule has 0 spiro atoms. The van der Waals surface area contributed by atoms with Gasteiger partial charge in [-0.3, -0.25) is 9.59 Å². The lowest BCUT2D eigenvalue weighted by molar-refractivity contribution is -0.144. The zero-order chi connectivity index (χ0) is 13.8. The molecule has 0 radical (unpaired) electrons. The molecule has 0 aromatic heterocycles. The van der Waals surface area contributed by atoms with Crippen LogP contribution in [0.3, 0.4) is 0 Å².